The largest absolute Gasteiger partial charge is 0.462 e. The molecule has 1 aromatic heterocycles. The quantitative estimate of drug-likeness (QED) is 0.628. The number of hydrogen-bond donors (Lipinski definition) is 0. The smallest absolute Gasteiger partial charge is 0.348 e. The molecule has 0 unspecified atom stereocenters. The monoisotopic (exact) mass is 314 g/mol. The van der Waals surface area contributed by atoms with E-state index in [0.29, 0.717) is 17.9 Å². The van der Waals surface area contributed by atoms with E-state index in [1.165, 1.54) is 11.3 Å². The molecule has 0 spiro atoms. The van der Waals surface area contributed by atoms with Crippen LogP contribution in [-0.4, -0.2) is 18.4 Å². The van der Waals surface area contributed by atoms with Crippen LogP contribution in [0.2, 0.25) is 0 Å². The molecule has 0 aromatic carbocycles. The molecule has 0 amide bonds. The van der Waals surface area contributed by atoms with E-state index in [1.807, 2.05) is 6.92 Å². The zero-order valence-corrected chi connectivity index (χ0v) is 13.6. The standard InChI is InChI=1S/C18H18O3S/c1-3-21-18(20)17-12-11-14(22-17)8-4-5-9-15-13(2)7-6-10-16(15)19/h5,9,11-12H,3,6-7,10H2,1-2H3. The van der Waals surface area contributed by atoms with E-state index in [9.17, 15) is 9.59 Å². The van der Waals surface area contributed by atoms with Crippen molar-refractivity contribution in [3.05, 3.63) is 45.2 Å². The number of esters is 1. The third-order valence-electron chi connectivity index (χ3n) is 3.33. The second-order valence-corrected chi connectivity index (χ2v) is 6.04. The number of allylic oxidation sites excluding steroid dienone is 4. The number of ketones is 1. The number of Topliss-reactive ketones (excluding diaryl/α,β-unsaturated/α-hetero) is 1. The maximum absolute atomic E-state index is 11.8. The van der Waals surface area contributed by atoms with Crippen LogP contribution >= 0.6 is 11.3 Å². The van der Waals surface area contributed by atoms with Crippen LogP contribution in [0.15, 0.2) is 35.4 Å². The Labute approximate surface area is 134 Å². The number of carbonyl (C=O) groups is 2. The molecule has 2 rings (SSSR count). The Morgan fingerprint density at radius 3 is 2.95 bits per heavy atom. The van der Waals surface area contributed by atoms with Gasteiger partial charge in [0.05, 0.1) is 11.5 Å². The summed E-state index contributed by atoms with van der Waals surface area (Å²) in [6.07, 6.45) is 6.04. The van der Waals surface area contributed by atoms with Crippen molar-refractivity contribution in [2.45, 2.75) is 33.1 Å². The molecule has 1 aromatic rings. The van der Waals surface area contributed by atoms with Crippen molar-refractivity contribution >= 4 is 23.1 Å². The minimum atomic E-state index is -0.315. The number of thiophene rings is 1. The molecule has 0 atom stereocenters. The lowest BCUT2D eigenvalue weighted by Gasteiger charge is -2.12. The predicted molar refractivity (Wildman–Crippen MR) is 87.9 cm³/mol. The fraction of sp³-hybridized carbons (Fsp3) is 0.333. The summed E-state index contributed by atoms with van der Waals surface area (Å²) in [6, 6.07) is 3.52. The zero-order chi connectivity index (χ0) is 15.9. The van der Waals surface area contributed by atoms with Crippen molar-refractivity contribution in [3.8, 4) is 11.8 Å². The van der Waals surface area contributed by atoms with Crippen LogP contribution in [0.1, 0.15) is 47.7 Å². The number of rotatable bonds is 3. The molecule has 4 heteroatoms. The van der Waals surface area contributed by atoms with Gasteiger partial charge in [-0.2, -0.15) is 0 Å². The summed E-state index contributed by atoms with van der Waals surface area (Å²) in [4.78, 5) is 24.7. The van der Waals surface area contributed by atoms with Gasteiger partial charge >= 0.3 is 5.97 Å². The van der Waals surface area contributed by atoms with E-state index in [2.05, 4.69) is 11.8 Å². The number of carbonyl (C=O) groups excluding carboxylic acids is 2. The first-order valence-electron chi connectivity index (χ1n) is 7.29. The van der Waals surface area contributed by atoms with Crippen LogP contribution in [0.25, 0.3) is 0 Å². The summed E-state index contributed by atoms with van der Waals surface area (Å²) in [7, 11) is 0. The fourth-order valence-electron chi connectivity index (χ4n) is 2.21. The van der Waals surface area contributed by atoms with Gasteiger partial charge in [0.2, 0.25) is 0 Å². The summed E-state index contributed by atoms with van der Waals surface area (Å²) in [6.45, 7) is 4.14. The van der Waals surface area contributed by atoms with Crippen LogP contribution in [0.3, 0.4) is 0 Å². The molecule has 1 heterocycles. The van der Waals surface area contributed by atoms with Gasteiger partial charge in [0.15, 0.2) is 5.78 Å². The lowest BCUT2D eigenvalue weighted by molar-refractivity contribution is -0.115. The van der Waals surface area contributed by atoms with Gasteiger partial charge in [0.25, 0.3) is 0 Å². The highest BCUT2D eigenvalue weighted by Crippen LogP contribution is 2.22. The van der Waals surface area contributed by atoms with Crippen LogP contribution in [0.4, 0.5) is 0 Å². The van der Waals surface area contributed by atoms with E-state index in [1.54, 1.807) is 31.2 Å². The molecule has 1 aliphatic carbocycles. The average molecular weight is 314 g/mol. The van der Waals surface area contributed by atoms with Crippen molar-refractivity contribution in [3.63, 3.8) is 0 Å². The third-order valence-corrected chi connectivity index (χ3v) is 4.31. The highest BCUT2D eigenvalue weighted by atomic mass is 32.1. The molecule has 3 nitrogen and oxygen atoms in total. The van der Waals surface area contributed by atoms with Gasteiger partial charge in [-0.3, -0.25) is 4.79 Å². The molecule has 0 radical (unpaired) electrons. The zero-order valence-electron chi connectivity index (χ0n) is 12.8. The first-order valence-corrected chi connectivity index (χ1v) is 8.11. The van der Waals surface area contributed by atoms with E-state index < -0.39 is 0 Å². The topological polar surface area (TPSA) is 43.4 Å². The Morgan fingerprint density at radius 1 is 1.41 bits per heavy atom. The van der Waals surface area contributed by atoms with Gasteiger partial charge in [0.1, 0.15) is 4.88 Å². The van der Waals surface area contributed by atoms with Crippen molar-refractivity contribution in [1.29, 1.82) is 0 Å². The first-order chi connectivity index (χ1) is 10.6. The van der Waals surface area contributed by atoms with Crippen molar-refractivity contribution < 1.29 is 14.3 Å². The fourth-order valence-corrected chi connectivity index (χ4v) is 2.97. The molecule has 1 aliphatic rings. The van der Waals surface area contributed by atoms with Gasteiger partial charge in [0, 0.05) is 12.0 Å². The minimum Gasteiger partial charge on any atom is -0.462 e. The molecule has 0 bridgehead atoms. The molecule has 22 heavy (non-hydrogen) atoms. The summed E-state index contributed by atoms with van der Waals surface area (Å²) in [5, 5.41) is 0. The summed E-state index contributed by atoms with van der Waals surface area (Å²) in [5.74, 6) is 5.77. The van der Waals surface area contributed by atoms with Gasteiger partial charge in [-0.05, 0) is 51.0 Å². The summed E-state index contributed by atoms with van der Waals surface area (Å²) in [5.41, 5.74) is 1.92. The van der Waals surface area contributed by atoms with E-state index >= 15 is 0 Å². The van der Waals surface area contributed by atoms with Crippen LogP contribution in [0, 0.1) is 11.8 Å². The molecular formula is C18H18O3S. The molecule has 0 saturated heterocycles. The van der Waals surface area contributed by atoms with Gasteiger partial charge < -0.3 is 4.74 Å². The SMILES string of the molecule is CCOC(=O)c1ccc(C#CC=CC2=C(C)CCCC2=O)s1. The normalized spacial score (nSPS) is 14.9. The Kier molecular flexibility index (Phi) is 5.74. The maximum atomic E-state index is 11.8. The molecular weight excluding hydrogens is 296 g/mol. The molecule has 114 valence electrons. The van der Waals surface area contributed by atoms with Crippen LogP contribution in [0.5, 0.6) is 0 Å². The summed E-state index contributed by atoms with van der Waals surface area (Å²) < 4.78 is 4.94. The Hall–Kier alpha value is -2.12. The van der Waals surface area contributed by atoms with Crippen LogP contribution in [-0.2, 0) is 9.53 Å². The van der Waals surface area contributed by atoms with Crippen molar-refractivity contribution in [2.24, 2.45) is 0 Å². The van der Waals surface area contributed by atoms with Gasteiger partial charge in [-0.15, -0.1) is 11.3 Å². The first kappa shape index (κ1) is 16.3. The highest BCUT2D eigenvalue weighted by molar-refractivity contribution is 7.14. The van der Waals surface area contributed by atoms with Crippen LogP contribution < -0.4 is 0 Å². The van der Waals surface area contributed by atoms with Gasteiger partial charge in [-0.1, -0.05) is 17.4 Å². The lowest BCUT2D eigenvalue weighted by atomic mass is 9.91. The van der Waals surface area contributed by atoms with Crippen molar-refractivity contribution in [1.82, 2.24) is 0 Å². The minimum absolute atomic E-state index is 0.197. The Bertz CT molecular complexity index is 695. The maximum Gasteiger partial charge on any atom is 0.348 e. The molecule has 0 fully saturated rings. The molecule has 0 aliphatic heterocycles. The average Bonchev–Trinajstić information content (AvgIpc) is 2.95. The third kappa shape index (κ3) is 4.19. The Morgan fingerprint density at radius 2 is 2.23 bits per heavy atom. The van der Waals surface area contributed by atoms with Crippen molar-refractivity contribution in [2.75, 3.05) is 6.61 Å². The molecule has 0 saturated carbocycles. The van der Waals surface area contributed by atoms with E-state index in [-0.39, 0.29) is 11.8 Å². The van der Waals surface area contributed by atoms with E-state index in [4.69, 9.17) is 4.74 Å². The predicted octanol–water partition coefficient (Wildman–Crippen LogP) is 3.90. The number of ether oxygens (including phenoxy) is 1. The lowest BCUT2D eigenvalue weighted by Crippen LogP contribution is -2.08. The Balaban J connectivity index is 2.04. The summed E-state index contributed by atoms with van der Waals surface area (Å²) >= 11 is 1.31. The van der Waals surface area contributed by atoms with E-state index in [0.717, 1.165) is 28.9 Å². The molecule has 0 N–H and O–H groups in total. The van der Waals surface area contributed by atoms with Gasteiger partial charge in [-0.25, -0.2) is 4.79 Å². The number of hydrogen-bond acceptors (Lipinski definition) is 4. The second kappa shape index (κ2) is 7.77. The second-order valence-electron chi connectivity index (χ2n) is 4.96. The highest BCUT2D eigenvalue weighted by Gasteiger charge is 2.14.